The van der Waals surface area contributed by atoms with Gasteiger partial charge in [-0.25, -0.2) is 4.79 Å². The molecule has 0 aromatic carbocycles. The van der Waals surface area contributed by atoms with Crippen molar-refractivity contribution < 1.29 is 19.5 Å². The number of hydrogen-bond donors (Lipinski definition) is 1. The van der Waals surface area contributed by atoms with Gasteiger partial charge in [0.2, 0.25) is 0 Å². The largest absolute Gasteiger partial charge is 0.511 e. The van der Waals surface area contributed by atoms with Crippen LogP contribution in [0.1, 0.15) is 51.9 Å². The van der Waals surface area contributed by atoms with Crippen LogP contribution in [-0.2, 0) is 14.4 Å². The van der Waals surface area contributed by atoms with Crippen molar-refractivity contribution in [3.05, 3.63) is 35.1 Å². The number of oxime groups is 1. The molecule has 6 heteroatoms. The molecule has 1 aliphatic carbocycles. The van der Waals surface area contributed by atoms with Crippen LogP contribution in [0.4, 0.5) is 0 Å². The van der Waals surface area contributed by atoms with E-state index in [9.17, 15) is 9.90 Å². The van der Waals surface area contributed by atoms with Crippen molar-refractivity contribution in [2.75, 3.05) is 6.61 Å². The first-order valence-electron chi connectivity index (χ1n) is 8.39. The molecule has 0 aromatic rings. The number of halogens is 1. The Labute approximate surface area is 147 Å². The van der Waals surface area contributed by atoms with Crippen molar-refractivity contribution in [1.29, 1.82) is 0 Å². The molecule has 0 saturated carbocycles. The Morgan fingerprint density at radius 2 is 2.38 bits per heavy atom. The minimum Gasteiger partial charge on any atom is -0.511 e. The van der Waals surface area contributed by atoms with Gasteiger partial charge in [0.25, 0.3) is 0 Å². The Kier molecular flexibility index (Phi) is 6.91. The number of hydrogen-bond acceptors (Lipinski definition) is 5. The van der Waals surface area contributed by atoms with Gasteiger partial charge in [-0.2, -0.15) is 0 Å². The van der Waals surface area contributed by atoms with E-state index in [1.807, 2.05) is 19.1 Å². The topological polar surface area (TPSA) is 68.1 Å². The molecule has 24 heavy (non-hydrogen) atoms. The predicted molar refractivity (Wildman–Crippen MR) is 94.0 cm³/mol. The average molecular weight is 354 g/mol. The second-order valence-corrected chi connectivity index (χ2v) is 6.30. The van der Waals surface area contributed by atoms with E-state index in [1.54, 1.807) is 6.08 Å². The maximum Gasteiger partial charge on any atom is 0.344 e. The lowest BCUT2D eigenvalue weighted by Gasteiger charge is -2.34. The van der Waals surface area contributed by atoms with E-state index in [0.717, 1.165) is 32.1 Å². The van der Waals surface area contributed by atoms with Gasteiger partial charge in [0.15, 0.2) is 0 Å². The Bertz CT molecular complexity index is 580. The van der Waals surface area contributed by atoms with Gasteiger partial charge in [-0.05, 0) is 44.3 Å². The van der Waals surface area contributed by atoms with Gasteiger partial charge in [0.1, 0.15) is 23.5 Å². The summed E-state index contributed by atoms with van der Waals surface area (Å²) in [5.74, 6) is -0.504. The van der Waals surface area contributed by atoms with Crippen LogP contribution >= 0.6 is 11.6 Å². The summed E-state index contributed by atoms with van der Waals surface area (Å²) in [6.07, 6.45) is 10.8. The lowest BCUT2D eigenvalue weighted by Crippen LogP contribution is -2.40. The van der Waals surface area contributed by atoms with E-state index in [1.165, 1.54) is 5.54 Å². The highest BCUT2D eigenvalue weighted by atomic mass is 35.5. The molecular weight excluding hydrogens is 330 g/mol. The number of carbonyl (C=O) groups excluding carboxylic acids is 1. The number of nitrogens with zero attached hydrogens (tertiary/aromatic N) is 1. The van der Waals surface area contributed by atoms with E-state index < -0.39 is 11.6 Å². The molecule has 0 saturated heterocycles. The maximum atomic E-state index is 12.6. The first kappa shape index (κ1) is 18.6. The molecule has 132 valence electrons. The molecule has 1 aliphatic heterocycles. The maximum absolute atomic E-state index is 12.6. The van der Waals surface area contributed by atoms with Crippen LogP contribution in [0.5, 0.6) is 0 Å². The fourth-order valence-electron chi connectivity index (χ4n) is 2.99. The molecule has 2 aliphatic rings. The van der Waals surface area contributed by atoms with Crippen LogP contribution in [0.15, 0.2) is 40.3 Å². The zero-order valence-electron chi connectivity index (χ0n) is 14.0. The molecule has 1 atom stereocenters. The Morgan fingerprint density at radius 1 is 1.54 bits per heavy atom. The van der Waals surface area contributed by atoms with Crippen molar-refractivity contribution in [3.63, 3.8) is 0 Å². The van der Waals surface area contributed by atoms with Gasteiger partial charge >= 0.3 is 5.97 Å². The Balaban J connectivity index is 2.24. The molecule has 0 aromatic heterocycles. The zero-order chi connectivity index (χ0) is 17.4. The van der Waals surface area contributed by atoms with Crippen LogP contribution in [0, 0.1) is 0 Å². The summed E-state index contributed by atoms with van der Waals surface area (Å²) in [6.45, 7) is 2.17. The lowest BCUT2D eigenvalue weighted by molar-refractivity contribution is -0.153. The number of esters is 1. The van der Waals surface area contributed by atoms with Gasteiger partial charge < -0.3 is 14.7 Å². The standard InChI is InChI=1S/C18H24ClNO4/c1-2-8-14(20-23-12-7-11-19)16-15(21)13-18(24-17(16)22)9-5-3-4-6-10-18/h5,7,9,11,21H,2-4,6,8,10,12-13H2,1H3/b11-7+,20-14-. The fraction of sp³-hybridized carbons (Fsp3) is 0.556. The average Bonchev–Trinajstić information content (AvgIpc) is 2.76. The number of aliphatic hydroxyl groups excluding tert-OH is 1. The number of allylic oxidation sites excluding steroid dienone is 1. The molecule has 1 spiro atoms. The van der Waals surface area contributed by atoms with Crippen molar-refractivity contribution in [2.24, 2.45) is 5.16 Å². The molecule has 2 rings (SSSR count). The van der Waals surface area contributed by atoms with Crippen molar-refractivity contribution in [2.45, 2.75) is 57.5 Å². The highest BCUT2D eigenvalue weighted by Crippen LogP contribution is 2.37. The summed E-state index contributed by atoms with van der Waals surface area (Å²) in [6, 6.07) is 0. The fourth-order valence-corrected chi connectivity index (χ4v) is 3.07. The molecule has 0 fully saturated rings. The molecule has 0 amide bonds. The summed E-state index contributed by atoms with van der Waals surface area (Å²) < 4.78 is 5.72. The molecule has 0 radical (unpaired) electrons. The van der Waals surface area contributed by atoms with Gasteiger partial charge in [-0.3, -0.25) is 0 Å². The van der Waals surface area contributed by atoms with Gasteiger partial charge in [0.05, 0.1) is 5.71 Å². The molecule has 1 heterocycles. The van der Waals surface area contributed by atoms with E-state index >= 15 is 0 Å². The first-order valence-corrected chi connectivity index (χ1v) is 8.83. The number of aliphatic hydroxyl groups is 1. The molecule has 5 nitrogen and oxygen atoms in total. The summed E-state index contributed by atoms with van der Waals surface area (Å²) in [4.78, 5) is 17.7. The van der Waals surface area contributed by atoms with Gasteiger partial charge in [-0.1, -0.05) is 36.2 Å². The smallest absolute Gasteiger partial charge is 0.344 e. The minimum atomic E-state index is -0.722. The summed E-state index contributed by atoms with van der Waals surface area (Å²) in [7, 11) is 0. The molecular formula is C18H24ClNO4. The van der Waals surface area contributed by atoms with Crippen molar-refractivity contribution >= 4 is 23.3 Å². The minimum absolute atomic E-state index is 0.0292. The van der Waals surface area contributed by atoms with E-state index in [4.69, 9.17) is 21.2 Å². The predicted octanol–water partition coefficient (Wildman–Crippen LogP) is 4.54. The normalized spacial score (nSPS) is 25.2. The third kappa shape index (κ3) is 4.63. The van der Waals surface area contributed by atoms with Crippen molar-refractivity contribution in [3.8, 4) is 0 Å². The number of carbonyl (C=O) groups is 1. The van der Waals surface area contributed by atoms with E-state index in [-0.39, 0.29) is 24.4 Å². The second-order valence-electron chi connectivity index (χ2n) is 6.05. The third-order valence-corrected chi connectivity index (χ3v) is 4.29. The number of rotatable bonds is 6. The Morgan fingerprint density at radius 3 is 3.08 bits per heavy atom. The number of ether oxygens (including phenoxy) is 1. The molecule has 1 N–H and O–H groups in total. The summed E-state index contributed by atoms with van der Waals surface area (Å²) in [5, 5.41) is 14.5. The van der Waals surface area contributed by atoms with Crippen LogP contribution in [0.2, 0.25) is 0 Å². The second kappa shape index (κ2) is 8.92. The van der Waals surface area contributed by atoms with Crippen LogP contribution in [-0.4, -0.2) is 29.0 Å². The quantitative estimate of drug-likeness (QED) is 0.250. The van der Waals surface area contributed by atoms with Crippen molar-refractivity contribution in [1.82, 2.24) is 0 Å². The lowest BCUT2D eigenvalue weighted by atomic mass is 9.87. The van der Waals surface area contributed by atoms with E-state index in [2.05, 4.69) is 5.16 Å². The highest BCUT2D eigenvalue weighted by Gasteiger charge is 2.41. The summed E-state index contributed by atoms with van der Waals surface area (Å²) in [5.41, 5.74) is 1.16. The Hall–Kier alpha value is -1.75. The van der Waals surface area contributed by atoms with E-state index in [0.29, 0.717) is 12.1 Å². The van der Waals surface area contributed by atoms with Crippen LogP contribution in [0.3, 0.4) is 0 Å². The summed E-state index contributed by atoms with van der Waals surface area (Å²) >= 11 is 5.43. The van der Waals surface area contributed by atoms with Gasteiger partial charge in [-0.15, -0.1) is 0 Å². The highest BCUT2D eigenvalue weighted by molar-refractivity contribution is 6.25. The van der Waals surface area contributed by atoms with Gasteiger partial charge in [0, 0.05) is 12.0 Å². The van der Waals surface area contributed by atoms with Crippen LogP contribution < -0.4 is 0 Å². The first-order chi connectivity index (χ1) is 11.6. The zero-order valence-corrected chi connectivity index (χ0v) is 14.7. The SMILES string of the molecule is CCC/C(=N/OC/C=C/Cl)C1=C(O)CC2(C=CCCCC2)OC1=O. The third-order valence-electron chi connectivity index (χ3n) is 4.11. The monoisotopic (exact) mass is 353 g/mol. The molecule has 0 bridgehead atoms. The molecule has 1 unspecified atom stereocenters. The van der Waals surface area contributed by atoms with Crippen LogP contribution in [0.25, 0.3) is 0 Å².